The molecule has 5 nitrogen and oxygen atoms in total. The molecule has 0 spiro atoms. The molecule has 0 aliphatic rings. The number of sulfonamides is 1. The molecule has 0 radical (unpaired) electrons. The molecule has 20 heavy (non-hydrogen) atoms. The van der Waals surface area contributed by atoms with E-state index in [0.29, 0.717) is 12.3 Å². The molecule has 0 aromatic heterocycles. The van der Waals surface area contributed by atoms with Gasteiger partial charge in [0.15, 0.2) is 0 Å². The van der Waals surface area contributed by atoms with Crippen molar-refractivity contribution in [3.63, 3.8) is 0 Å². The van der Waals surface area contributed by atoms with Crippen molar-refractivity contribution in [2.75, 3.05) is 14.2 Å². The zero-order valence-corrected chi connectivity index (χ0v) is 13.5. The Hall–Kier alpha value is -1.11. The van der Waals surface area contributed by atoms with E-state index in [1.807, 2.05) is 33.9 Å². The molecule has 114 valence electrons. The van der Waals surface area contributed by atoms with Crippen LogP contribution in [0.15, 0.2) is 23.1 Å². The van der Waals surface area contributed by atoms with Gasteiger partial charge < -0.3 is 10.1 Å². The fourth-order valence-electron chi connectivity index (χ4n) is 1.69. The lowest BCUT2D eigenvalue weighted by molar-refractivity contribution is 0.401. The number of benzene rings is 1. The Morgan fingerprint density at radius 3 is 2.40 bits per heavy atom. The van der Waals surface area contributed by atoms with Crippen molar-refractivity contribution in [1.82, 2.24) is 10.0 Å². The second-order valence-corrected chi connectivity index (χ2v) is 6.85. The van der Waals surface area contributed by atoms with Crippen molar-refractivity contribution >= 4 is 10.0 Å². The molecule has 0 fully saturated rings. The first-order valence-electron chi connectivity index (χ1n) is 6.65. The summed E-state index contributed by atoms with van der Waals surface area (Å²) in [5.41, 5.74) is 0.894. The summed E-state index contributed by atoms with van der Waals surface area (Å²) in [6, 6.07) is 5.03. The Balaban J connectivity index is 3.17. The van der Waals surface area contributed by atoms with E-state index in [4.69, 9.17) is 4.74 Å². The van der Waals surface area contributed by atoms with E-state index < -0.39 is 10.0 Å². The van der Waals surface area contributed by atoms with Crippen molar-refractivity contribution < 1.29 is 13.2 Å². The number of rotatable bonds is 7. The van der Waals surface area contributed by atoms with Crippen LogP contribution in [0.5, 0.6) is 5.75 Å². The Labute approximate surface area is 121 Å². The molecule has 1 aromatic rings. The van der Waals surface area contributed by atoms with E-state index >= 15 is 0 Å². The van der Waals surface area contributed by atoms with Crippen molar-refractivity contribution in [2.24, 2.45) is 5.92 Å². The highest BCUT2D eigenvalue weighted by Gasteiger charge is 2.23. The SMILES string of the molecule is CNCc1ccc(OC)c(S(=O)(=O)NC(C)C(C)C)c1. The van der Waals surface area contributed by atoms with Gasteiger partial charge in [0.05, 0.1) is 7.11 Å². The summed E-state index contributed by atoms with van der Waals surface area (Å²) in [7, 11) is -0.304. The summed E-state index contributed by atoms with van der Waals surface area (Å²) in [5, 5.41) is 3.00. The van der Waals surface area contributed by atoms with Gasteiger partial charge in [0, 0.05) is 12.6 Å². The second kappa shape index (κ2) is 7.06. The van der Waals surface area contributed by atoms with Gasteiger partial charge in [0.2, 0.25) is 10.0 Å². The molecule has 0 aliphatic heterocycles. The zero-order valence-electron chi connectivity index (χ0n) is 12.7. The van der Waals surface area contributed by atoms with E-state index in [0.717, 1.165) is 5.56 Å². The lowest BCUT2D eigenvalue weighted by Gasteiger charge is -2.19. The number of methoxy groups -OCH3 is 1. The summed E-state index contributed by atoms with van der Waals surface area (Å²) >= 11 is 0. The largest absolute Gasteiger partial charge is 0.495 e. The van der Waals surface area contributed by atoms with Crippen LogP contribution in [0.4, 0.5) is 0 Å². The van der Waals surface area contributed by atoms with Gasteiger partial charge in [0.25, 0.3) is 0 Å². The van der Waals surface area contributed by atoms with Gasteiger partial charge in [-0.05, 0) is 37.6 Å². The van der Waals surface area contributed by atoms with E-state index in [9.17, 15) is 8.42 Å². The van der Waals surface area contributed by atoms with Gasteiger partial charge in [-0.25, -0.2) is 13.1 Å². The minimum absolute atomic E-state index is 0.141. The highest BCUT2D eigenvalue weighted by molar-refractivity contribution is 7.89. The highest BCUT2D eigenvalue weighted by Crippen LogP contribution is 2.25. The molecule has 6 heteroatoms. The summed E-state index contributed by atoms with van der Waals surface area (Å²) in [6.07, 6.45) is 0. The van der Waals surface area contributed by atoms with Crippen molar-refractivity contribution in [2.45, 2.75) is 38.3 Å². The third-order valence-electron chi connectivity index (χ3n) is 3.24. The summed E-state index contributed by atoms with van der Waals surface area (Å²) in [4.78, 5) is 0.181. The minimum atomic E-state index is -3.59. The number of nitrogens with one attached hydrogen (secondary N) is 2. The Morgan fingerprint density at radius 1 is 1.25 bits per heavy atom. The maximum atomic E-state index is 12.5. The third kappa shape index (κ3) is 4.19. The Bertz CT molecular complexity index is 541. The first-order chi connectivity index (χ1) is 9.31. The molecular weight excluding hydrogens is 276 g/mol. The lowest BCUT2D eigenvalue weighted by Crippen LogP contribution is -2.36. The fraction of sp³-hybridized carbons (Fsp3) is 0.571. The Kier molecular flexibility index (Phi) is 5.98. The molecule has 0 bridgehead atoms. The number of hydrogen-bond acceptors (Lipinski definition) is 4. The maximum Gasteiger partial charge on any atom is 0.244 e. The summed E-state index contributed by atoms with van der Waals surface area (Å²) in [5.74, 6) is 0.574. The van der Waals surface area contributed by atoms with Gasteiger partial charge in [0.1, 0.15) is 10.6 Å². The molecule has 1 atom stereocenters. The van der Waals surface area contributed by atoms with Crippen LogP contribution in [0.3, 0.4) is 0 Å². The fourth-order valence-corrected chi connectivity index (χ4v) is 3.30. The quantitative estimate of drug-likeness (QED) is 0.805. The third-order valence-corrected chi connectivity index (χ3v) is 4.82. The molecule has 1 rings (SSSR count). The van der Waals surface area contributed by atoms with Gasteiger partial charge in [-0.3, -0.25) is 0 Å². The monoisotopic (exact) mass is 300 g/mol. The van der Waals surface area contributed by atoms with Crippen LogP contribution in [0.25, 0.3) is 0 Å². The normalized spacial score (nSPS) is 13.5. The molecule has 1 unspecified atom stereocenters. The molecule has 0 amide bonds. The average Bonchev–Trinajstić information content (AvgIpc) is 2.38. The minimum Gasteiger partial charge on any atom is -0.495 e. The molecule has 0 saturated carbocycles. The maximum absolute atomic E-state index is 12.5. The second-order valence-electron chi connectivity index (χ2n) is 5.17. The predicted octanol–water partition coefficient (Wildman–Crippen LogP) is 1.74. The standard InChI is InChI=1S/C14H24N2O3S/c1-10(2)11(3)16-20(17,18)14-8-12(9-15-4)6-7-13(14)19-5/h6-8,10-11,15-16H,9H2,1-5H3. The van der Waals surface area contributed by atoms with E-state index in [1.54, 1.807) is 12.1 Å². The van der Waals surface area contributed by atoms with Crippen LogP contribution in [0.1, 0.15) is 26.3 Å². The van der Waals surface area contributed by atoms with Gasteiger partial charge >= 0.3 is 0 Å². The van der Waals surface area contributed by atoms with E-state index in [2.05, 4.69) is 10.0 Å². The van der Waals surface area contributed by atoms with Crippen LogP contribution in [0, 0.1) is 5.92 Å². The molecule has 2 N–H and O–H groups in total. The molecule has 0 aliphatic carbocycles. The zero-order chi connectivity index (χ0) is 15.3. The first kappa shape index (κ1) is 16.9. The lowest BCUT2D eigenvalue weighted by atomic mass is 10.1. The van der Waals surface area contributed by atoms with Crippen LogP contribution in [-0.2, 0) is 16.6 Å². The first-order valence-corrected chi connectivity index (χ1v) is 8.14. The van der Waals surface area contributed by atoms with Gasteiger partial charge in [-0.15, -0.1) is 0 Å². The van der Waals surface area contributed by atoms with Crippen molar-refractivity contribution in [3.05, 3.63) is 23.8 Å². The van der Waals surface area contributed by atoms with Crippen LogP contribution >= 0.6 is 0 Å². The topological polar surface area (TPSA) is 67.4 Å². The van der Waals surface area contributed by atoms with Crippen molar-refractivity contribution in [1.29, 1.82) is 0 Å². The molecule has 0 saturated heterocycles. The van der Waals surface area contributed by atoms with E-state index in [-0.39, 0.29) is 16.9 Å². The van der Waals surface area contributed by atoms with E-state index in [1.165, 1.54) is 7.11 Å². The van der Waals surface area contributed by atoms with Gasteiger partial charge in [-0.2, -0.15) is 0 Å². The average molecular weight is 300 g/mol. The number of ether oxygens (including phenoxy) is 1. The highest BCUT2D eigenvalue weighted by atomic mass is 32.2. The molecular formula is C14H24N2O3S. The summed E-state index contributed by atoms with van der Waals surface area (Å²) in [6.45, 7) is 6.40. The van der Waals surface area contributed by atoms with Gasteiger partial charge in [-0.1, -0.05) is 19.9 Å². The molecule has 0 heterocycles. The van der Waals surface area contributed by atoms with Crippen LogP contribution in [0.2, 0.25) is 0 Å². The smallest absolute Gasteiger partial charge is 0.244 e. The van der Waals surface area contributed by atoms with Crippen LogP contribution < -0.4 is 14.8 Å². The van der Waals surface area contributed by atoms with Crippen molar-refractivity contribution in [3.8, 4) is 5.75 Å². The number of hydrogen-bond donors (Lipinski definition) is 2. The molecule has 1 aromatic carbocycles. The predicted molar refractivity (Wildman–Crippen MR) is 80.4 cm³/mol. The summed E-state index contributed by atoms with van der Waals surface area (Å²) < 4.78 is 32.8. The Morgan fingerprint density at radius 2 is 1.90 bits per heavy atom. The van der Waals surface area contributed by atoms with Crippen LogP contribution in [-0.4, -0.2) is 28.6 Å².